The quantitative estimate of drug-likeness (QED) is 0.629. The van der Waals surface area contributed by atoms with Gasteiger partial charge in [-0.1, -0.05) is 15.9 Å². The van der Waals surface area contributed by atoms with Crippen LogP contribution in [0.15, 0.2) is 0 Å². The molecule has 6 nitrogen and oxygen atoms in total. The topological polar surface area (TPSA) is 80.8 Å². The van der Waals surface area contributed by atoms with Crippen LogP contribution in [0.5, 0.6) is 0 Å². The molecule has 0 atom stereocenters. The molecule has 0 aromatic heterocycles. The molecule has 18 heavy (non-hydrogen) atoms. The van der Waals surface area contributed by atoms with Crippen LogP contribution in [-0.4, -0.2) is 63.6 Å². The van der Waals surface area contributed by atoms with Crippen LogP contribution in [0.25, 0.3) is 0 Å². The van der Waals surface area contributed by atoms with E-state index in [9.17, 15) is 16.8 Å². The van der Waals surface area contributed by atoms with Crippen LogP contribution in [0.3, 0.4) is 0 Å². The van der Waals surface area contributed by atoms with Crippen LogP contribution in [0, 0.1) is 0 Å². The number of ether oxygens (including phenoxy) is 1. The van der Waals surface area contributed by atoms with Gasteiger partial charge in [0.15, 0.2) is 14.9 Å². The Bertz CT molecular complexity index is 453. The van der Waals surface area contributed by atoms with Gasteiger partial charge in [0, 0.05) is 24.7 Å². The summed E-state index contributed by atoms with van der Waals surface area (Å²) >= 11 is 3.25. The molecule has 9 heteroatoms. The van der Waals surface area contributed by atoms with Crippen molar-refractivity contribution < 1.29 is 21.6 Å². The van der Waals surface area contributed by atoms with Gasteiger partial charge in [0.25, 0.3) is 0 Å². The van der Waals surface area contributed by atoms with E-state index in [-0.39, 0.29) is 6.10 Å². The Morgan fingerprint density at radius 1 is 1.22 bits per heavy atom. The summed E-state index contributed by atoms with van der Waals surface area (Å²) in [5.41, 5.74) is 0. The van der Waals surface area contributed by atoms with E-state index in [2.05, 4.69) is 15.9 Å². The monoisotopic (exact) mass is 363 g/mol. The van der Waals surface area contributed by atoms with Crippen LogP contribution < -0.4 is 0 Å². The van der Waals surface area contributed by atoms with Gasteiger partial charge in [-0.05, 0) is 12.8 Å². The van der Waals surface area contributed by atoms with E-state index in [4.69, 9.17) is 4.74 Å². The smallest absolute Gasteiger partial charge is 0.228 e. The molecule has 0 amide bonds. The van der Waals surface area contributed by atoms with Gasteiger partial charge in [0.2, 0.25) is 10.0 Å². The molecular weight excluding hydrogens is 346 g/mol. The Balaban J connectivity index is 2.52. The van der Waals surface area contributed by atoms with Gasteiger partial charge in [0.05, 0.1) is 12.7 Å². The fraction of sp³-hybridized carbons (Fsp3) is 1.00. The SMILES string of the molecule is CS(=O)(=O)CS(=O)(=O)N1CCC(OCCBr)CC1. The lowest BCUT2D eigenvalue weighted by Crippen LogP contribution is -2.43. The van der Waals surface area contributed by atoms with Crippen LogP contribution in [-0.2, 0) is 24.6 Å². The summed E-state index contributed by atoms with van der Waals surface area (Å²) in [5.74, 6) is 0. The van der Waals surface area contributed by atoms with E-state index in [1.54, 1.807) is 0 Å². The van der Waals surface area contributed by atoms with Crippen molar-refractivity contribution in [3.63, 3.8) is 0 Å². The number of sulfone groups is 1. The minimum atomic E-state index is -3.70. The Morgan fingerprint density at radius 2 is 1.78 bits per heavy atom. The molecule has 0 aromatic rings. The average molecular weight is 364 g/mol. The van der Waals surface area contributed by atoms with E-state index >= 15 is 0 Å². The second kappa shape index (κ2) is 6.65. The molecule has 0 unspecified atom stereocenters. The first-order valence-electron chi connectivity index (χ1n) is 5.58. The molecule has 0 aliphatic carbocycles. The summed E-state index contributed by atoms with van der Waals surface area (Å²) in [5, 5.41) is -0.0630. The van der Waals surface area contributed by atoms with E-state index < -0.39 is 24.9 Å². The minimum Gasteiger partial charge on any atom is -0.377 e. The van der Waals surface area contributed by atoms with Gasteiger partial charge < -0.3 is 4.74 Å². The highest BCUT2D eigenvalue weighted by atomic mass is 79.9. The van der Waals surface area contributed by atoms with Gasteiger partial charge in [-0.3, -0.25) is 0 Å². The first kappa shape index (κ1) is 16.4. The third-order valence-corrected chi connectivity index (χ3v) is 6.97. The summed E-state index contributed by atoms with van der Waals surface area (Å²) in [7, 11) is -7.23. The number of alkyl halides is 1. The summed E-state index contributed by atoms with van der Waals surface area (Å²) in [4.78, 5) is 0. The normalized spacial score (nSPS) is 20.1. The van der Waals surface area contributed by atoms with Crippen molar-refractivity contribution in [1.82, 2.24) is 4.31 Å². The zero-order valence-corrected chi connectivity index (χ0v) is 13.4. The number of hydrogen-bond donors (Lipinski definition) is 0. The molecule has 0 saturated carbocycles. The summed E-state index contributed by atoms with van der Waals surface area (Å²) in [6.07, 6.45) is 2.20. The second-order valence-electron chi connectivity index (χ2n) is 4.31. The fourth-order valence-corrected chi connectivity index (χ4v) is 5.55. The first-order chi connectivity index (χ1) is 8.24. The fourth-order valence-electron chi connectivity index (χ4n) is 1.83. The molecule has 1 aliphatic heterocycles. The van der Waals surface area contributed by atoms with E-state index in [1.807, 2.05) is 0 Å². The van der Waals surface area contributed by atoms with Crippen LogP contribution in [0.2, 0.25) is 0 Å². The van der Waals surface area contributed by atoms with Crippen molar-refractivity contribution in [3.05, 3.63) is 0 Å². The average Bonchev–Trinajstić information content (AvgIpc) is 2.23. The zero-order chi connectivity index (χ0) is 13.8. The molecule has 1 aliphatic rings. The molecule has 1 heterocycles. The lowest BCUT2D eigenvalue weighted by Gasteiger charge is -2.30. The van der Waals surface area contributed by atoms with Crippen molar-refractivity contribution in [2.24, 2.45) is 0 Å². The molecule has 108 valence electrons. The highest BCUT2D eigenvalue weighted by Gasteiger charge is 2.30. The van der Waals surface area contributed by atoms with Crippen molar-refractivity contribution in [2.45, 2.75) is 18.9 Å². The Labute approximate surface area is 117 Å². The predicted molar refractivity (Wildman–Crippen MR) is 73.0 cm³/mol. The Hall–Kier alpha value is 0.300. The standard InChI is InChI=1S/C9H18BrNO5S2/c1-17(12,13)8-18(14,15)11-5-2-9(3-6-11)16-7-4-10/h9H,2-8H2,1H3. The molecule has 0 aromatic carbocycles. The van der Waals surface area contributed by atoms with Gasteiger partial charge in [-0.25, -0.2) is 21.1 Å². The van der Waals surface area contributed by atoms with Gasteiger partial charge in [0.1, 0.15) is 0 Å². The lowest BCUT2D eigenvalue weighted by molar-refractivity contribution is 0.0310. The highest BCUT2D eigenvalue weighted by Crippen LogP contribution is 2.17. The predicted octanol–water partition coefficient (Wildman–Crippen LogP) is 0.194. The maximum Gasteiger partial charge on any atom is 0.228 e. The number of piperidine rings is 1. The largest absolute Gasteiger partial charge is 0.377 e. The third kappa shape index (κ3) is 5.52. The minimum absolute atomic E-state index is 0.0623. The summed E-state index contributed by atoms with van der Waals surface area (Å²) in [6.45, 7) is 1.25. The summed E-state index contributed by atoms with van der Waals surface area (Å²) in [6, 6.07) is 0. The number of nitrogens with zero attached hydrogens (tertiary/aromatic N) is 1. The van der Waals surface area contributed by atoms with E-state index in [1.165, 1.54) is 4.31 Å². The van der Waals surface area contributed by atoms with E-state index in [0.29, 0.717) is 32.5 Å². The van der Waals surface area contributed by atoms with Gasteiger partial charge >= 0.3 is 0 Å². The Kier molecular flexibility index (Phi) is 6.04. The summed E-state index contributed by atoms with van der Waals surface area (Å²) < 4.78 is 52.5. The molecule has 0 spiro atoms. The molecule has 0 N–H and O–H groups in total. The maximum absolute atomic E-state index is 11.8. The van der Waals surface area contributed by atoms with Crippen molar-refractivity contribution in [3.8, 4) is 0 Å². The van der Waals surface area contributed by atoms with Crippen molar-refractivity contribution in [1.29, 1.82) is 0 Å². The van der Waals surface area contributed by atoms with Gasteiger partial charge in [-0.15, -0.1) is 0 Å². The molecule has 1 fully saturated rings. The van der Waals surface area contributed by atoms with Crippen molar-refractivity contribution >= 4 is 35.8 Å². The number of hydrogen-bond acceptors (Lipinski definition) is 5. The maximum atomic E-state index is 11.8. The second-order valence-corrected chi connectivity index (χ2v) is 9.58. The molecule has 0 bridgehead atoms. The van der Waals surface area contributed by atoms with Crippen LogP contribution in [0.4, 0.5) is 0 Å². The molecular formula is C9H18BrNO5S2. The zero-order valence-electron chi connectivity index (χ0n) is 10.2. The molecule has 1 rings (SSSR count). The lowest BCUT2D eigenvalue weighted by atomic mass is 10.1. The number of sulfonamides is 1. The van der Waals surface area contributed by atoms with Crippen molar-refractivity contribution in [2.75, 3.05) is 36.4 Å². The third-order valence-electron chi connectivity index (χ3n) is 2.59. The van der Waals surface area contributed by atoms with Crippen LogP contribution in [0.1, 0.15) is 12.8 Å². The number of halogens is 1. The van der Waals surface area contributed by atoms with Crippen LogP contribution >= 0.6 is 15.9 Å². The number of rotatable bonds is 6. The molecule has 1 saturated heterocycles. The first-order valence-corrected chi connectivity index (χ1v) is 10.4. The Morgan fingerprint density at radius 3 is 2.22 bits per heavy atom. The highest BCUT2D eigenvalue weighted by molar-refractivity contribution is 9.09. The van der Waals surface area contributed by atoms with Gasteiger partial charge in [-0.2, -0.15) is 0 Å². The molecule has 0 radical (unpaired) electrons. The van der Waals surface area contributed by atoms with E-state index in [0.717, 1.165) is 11.6 Å².